The van der Waals surface area contributed by atoms with E-state index in [1.807, 2.05) is 93.6 Å². The van der Waals surface area contributed by atoms with Crippen LogP contribution >= 0.6 is 27.5 Å². The van der Waals surface area contributed by atoms with Crippen LogP contribution in [-0.2, 0) is 62.7 Å². The molecular formula is C98H122BrClF5NO3. The standard InChI is InChI=1S/C17H19FO.C16H19NO.C12H14.C11H13F3.C11H16O.C11H16.C10H13Br.C10H12ClF/c1-17(2,3)14-7-9-16(10-8-14)19-12-13-5-4-6-15(18)11-13;1-16(2,3)13-7-9-15(10-8-13)18-12-14-6-4-5-11-17-14;1-5-10-7-6-8-11(9-10)12(2,3)4;1-10(2,3)8-5-4-6-9(7-8)11(12,13)14;1-11(2,3)9-6-5-7-10(8-9)12-4;1-9-6-5-7-10(8-9)11(2,3)4;1-10(2,3)8-5-4-6-9(11)7-8;1-10(2,3)7-4-5-9(12)8(11)6-7/h4-11H,12H2,1-3H3;4-11H,12H2,1-3H3;1,6-9H,2-4H3;4-7H,1-3H3;5-8H,1-4H3;5-8H,1-4H3;4-7H,1-3H3;4-6H,1-3H3. The molecule has 0 saturated heterocycles. The Balaban J connectivity index is 0.000000326. The zero-order chi connectivity index (χ0) is 82.6. The maximum Gasteiger partial charge on any atom is 0.416 e. The van der Waals surface area contributed by atoms with Gasteiger partial charge in [-0.2, -0.15) is 13.2 Å². The minimum Gasteiger partial charge on any atom is -0.497 e. The van der Waals surface area contributed by atoms with Gasteiger partial charge in [-0.1, -0.05) is 333 Å². The lowest BCUT2D eigenvalue weighted by molar-refractivity contribution is -0.137. The third kappa shape index (κ3) is 36.7. The van der Waals surface area contributed by atoms with Crippen molar-refractivity contribution in [3.05, 3.63) is 330 Å². The van der Waals surface area contributed by atoms with E-state index in [1.165, 1.54) is 69.3 Å². The number of pyridine rings is 1. The molecule has 586 valence electrons. The van der Waals surface area contributed by atoms with Crippen LogP contribution in [0.5, 0.6) is 17.2 Å². The molecule has 0 aliphatic heterocycles. The molecule has 0 radical (unpaired) electrons. The van der Waals surface area contributed by atoms with Gasteiger partial charge in [-0.25, -0.2) is 8.78 Å². The first-order valence-electron chi connectivity index (χ1n) is 37.0. The highest BCUT2D eigenvalue weighted by Crippen LogP contribution is 2.34. The van der Waals surface area contributed by atoms with Crippen molar-refractivity contribution in [3.8, 4) is 29.6 Å². The van der Waals surface area contributed by atoms with Crippen LogP contribution in [0.2, 0.25) is 5.02 Å². The highest BCUT2D eigenvalue weighted by molar-refractivity contribution is 9.10. The Bertz CT molecular complexity index is 4280. The largest absolute Gasteiger partial charge is 0.497 e. The molecular weight excluding hydrogens is 1450 g/mol. The summed E-state index contributed by atoms with van der Waals surface area (Å²) in [5.74, 6) is 4.67. The molecule has 10 rings (SSSR count). The average molecular weight is 1570 g/mol. The molecule has 109 heavy (non-hydrogen) atoms. The number of methoxy groups -OCH3 is 1. The number of terminal acetylenes is 1. The average Bonchev–Trinajstić information content (AvgIpc) is 0.813. The second-order valence-corrected chi connectivity index (χ2v) is 36.4. The number of aryl methyl sites for hydroxylation is 1. The Morgan fingerprint density at radius 2 is 0.771 bits per heavy atom. The van der Waals surface area contributed by atoms with Gasteiger partial charge in [-0.15, -0.1) is 6.42 Å². The number of alkyl halides is 3. The molecule has 0 amide bonds. The van der Waals surface area contributed by atoms with Crippen molar-refractivity contribution >= 4 is 27.5 Å². The molecule has 0 N–H and O–H groups in total. The van der Waals surface area contributed by atoms with Gasteiger partial charge in [0.05, 0.1) is 23.4 Å². The van der Waals surface area contributed by atoms with Gasteiger partial charge >= 0.3 is 6.18 Å². The Morgan fingerprint density at radius 1 is 0.376 bits per heavy atom. The number of ether oxygens (including phenoxy) is 3. The minimum absolute atomic E-state index is 0.0251. The predicted octanol–water partition coefficient (Wildman–Crippen LogP) is 29.4. The van der Waals surface area contributed by atoms with E-state index in [-0.39, 0.29) is 60.0 Å². The third-order valence-corrected chi connectivity index (χ3v) is 17.9. The molecule has 0 bridgehead atoms. The fraction of sp³-hybridized carbons (Fsp3) is 0.378. The molecule has 0 aliphatic rings. The van der Waals surface area contributed by atoms with Crippen molar-refractivity contribution in [2.75, 3.05) is 7.11 Å². The summed E-state index contributed by atoms with van der Waals surface area (Å²) in [5.41, 5.74) is 14.2. The summed E-state index contributed by atoms with van der Waals surface area (Å²) in [6, 6.07) is 72.4. The predicted molar refractivity (Wildman–Crippen MR) is 457 cm³/mol. The molecule has 0 atom stereocenters. The Kier molecular flexibility index (Phi) is 36.6. The first-order chi connectivity index (χ1) is 50.2. The van der Waals surface area contributed by atoms with Gasteiger partial charge in [-0.3, -0.25) is 4.98 Å². The van der Waals surface area contributed by atoms with E-state index in [9.17, 15) is 22.0 Å². The molecule has 1 aromatic heterocycles. The lowest BCUT2D eigenvalue weighted by Gasteiger charge is -2.20. The van der Waals surface area contributed by atoms with Crippen LogP contribution in [0.3, 0.4) is 0 Å². The number of aromatic nitrogens is 1. The number of hydrogen-bond acceptors (Lipinski definition) is 4. The summed E-state index contributed by atoms with van der Waals surface area (Å²) in [4.78, 5) is 4.23. The summed E-state index contributed by atoms with van der Waals surface area (Å²) in [6.45, 7) is 54.5. The minimum atomic E-state index is -4.25. The van der Waals surface area contributed by atoms with Crippen molar-refractivity contribution < 1.29 is 36.2 Å². The van der Waals surface area contributed by atoms with Crippen LogP contribution in [0.4, 0.5) is 22.0 Å². The summed E-state index contributed by atoms with van der Waals surface area (Å²) in [5, 5.41) is 0.197. The van der Waals surface area contributed by atoms with E-state index in [0.717, 1.165) is 50.2 Å². The van der Waals surface area contributed by atoms with Gasteiger partial charge in [0.2, 0.25) is 0 Å². The number of rotatable bonds is 7. The highest BCUT2D eigenvalue weighted by Gasteiger charge is 2.31. The third-order valence-electron chi connectivity index (χ3n) is 17.1. The second kappa shape index (κ2) is 42.1. The van der Waals surface area contributed by atoms with E-state index in [1.54, 1.807) is 37.6 Å². The molecule has 0 spiro atoms. The van der Waals surface area contributed by atoms with Gasteiger partial charge in [-0.05, 0) is 203 Å². The van der Waals surface area contributed by atoms with Crippen LogP contribution in [-0.4, -0.2) is 12.1 Å². The summed E-state index contributed by atoms with van der Waals surface area (Å²) in [7, 11) is 1.70. The molecule has 0 fully saturated rings. The van der Waals surface area contributed by atoms with Crippen LogP contribution in [0, 0.1) is 30.9 Å². The first kappa shape index (κ1) is 94.7. The molecule has 4 nitrogen and oxygen atoms in total. The van der Waals surface area contributed by atoms with E-state index in [4.69, 9.17) is 32.2 Å². The smallest absolute Gasteiger partial charge is 0.416 e. The van der Waals surface area contributed by atoms with Crippen molar-refractivity contribution in [3.63, 3.8) is 0 Å². The number of halogens is 7. The summed E-state index contributed by atoms with van der Waals surface area (Å²) < 4.78 is 80.5. The van der Waals surface area contributed by atoms with Gasteiger partial charge in [0, 0.05) is 16.2 Å². The number of benzene rings is 9. The van der Waals surface area contributed by atoms with E-state index >= 15 is 0 Å². The molecule has 0 saturated carbocycles. The quantitative estimate of drug-likeness (QED) is 0.118. The van der Waals surface area contributed by atoms with Crippen molar-refractivity contribution in [1.82, 2.24) is 4.98 Å². The van der Waals surface area contributed by atoms with Gasteiger partial charge in [0.25, 0.3) is 0 Å². The molecule has 10 aromatic rings. The Hall–Kier alpha value is -8.49. The Morgan fingerprint density at radius 3 is 1.17 bits per heavy atom. The van der Waals surface area contributed by atoms with Gasteiger partial charge in [0.15, 0.2) is 0 Å². The topological polar surface area (TPSA) is 40.6 Å². The van der Waals surface area contributed by atoms with Crippen LogP contribution in [0.1, 0.15) is 239 Å². The van der Waals surface area contributed by atoms with Crippen LogP contribution in [0.15, 0.2) is 241 Å². The van der Waals surface area contributed by atoms with E-state index < -0.39 is 11.7 Å². The maximum atomic E-state index is 13.0. The Labute approximate surface area is 667 Å². The fourth-order valence-corrected chi connectivity index (χ4v) is 10.5. The summed E-state index contributed by atoms with van der Waals surface area (Å²) >= 11 is 9.10. The number of nitrogens with zero attached hydrogens (tertiary/aromatic N) is 1. The van der Waals surface area contributed by atoms with Crippen LogP contribution < -0.4 is 14.2 Å². The van der Waals surface area contributed by atoms with Crippen molar-refractivity contribution in [2.24, 2.45) is 0 Å². The lowest BCUT2D eigenvalue weighted by atomic mass is 9.86. The van der Waals surface area contributed by atoms with Crippen molar-refractivity contribution in [1.29, 1.82) is 0 Å². The zero-order valence-electron chi connectivity index (χ0n) is 69.8. The van der Waals surface area contributed by atoms with Crippen LogP contribution in [0.25, 0.3) is 0 Å². The van der Waals surface area contributed by atoms with E-state index in [2.05, 4.69) is 276 Å². The molecule has 9 aromatic carbocycles. The first-order valence-corrected chi connectivity index (χ1v) is 38.2. The van der Waals surface area contributed by atoms with Gasteiger partial charge in [0.1, 0.15) is 42.1 Å². The molecule has 0 unspecified atom stereocenters. The second-order valence-electron chi connectivity index (χ2n) is 35.1. The normalized spacial score (nSPS) is 11.6. The molecule has 0 aliphatic carbocycles. The monoisotopic (exact) mass is 1570 g/mol. The SMILES string of the molecule is C#Cc1cccc(C(C)(C)C)c1.CC(C)(C)c1ccc(F)c(Cl)c1.CC(C)(C)c1ccc(OCc2cccc(F)c2)cc1.CC(C)(C)c1ccc(OCc2ccccn2)cc1.CC(C)(C)c1cccc(Br)c1.CC(C)(C)c1cccc(C(F)(F)F)c1.COc1cccc(C(C)(C)C)c1.Cc1cccc(C(C)(C)C)c1. The lowest BCUT2D eigenvalue weighted by Crippen LogP contribution is -2.13. The summed E-state index contributed by atoms with van der Waals surface area (Å²) in [6.07, 6.45) is 2.84. The maximum absolute atomic E-state index is 13.0. The molecule has 11 heteroatoms. The van der Waals surface area contributed by atoms with Gasteiger partial charge < -0.3 is 14.2 Å². The zero-order valence-corrected chi connectivity index (χ0v) is 72.2. The molecule has 1 heterocycles. The highest BCUT2D eigenvalue weighted by atomic mass is 79.9. The van der Waals surface area contributed by atoms with E-state index in [0.29, 0.717) is 18.8 Å². The van der Waals surface area contributed by atoms with Crippen molar-refractivity contribution in [2.45, 2.75) is 236 Å². The fourth-order valence-electron chi connectivity index (χ4n) is 9.89. The number of hydrogen-bond donors (Lipinski definition) is 0.